The number of nitrogens with zero attached hydrogens (tertiary/aromatic N) is 2. The molecule has 2 aromatic carbocycles. The third-order valence-corrected chi connectivity index (χ3v) is 11.0. The summed E-state index contributed by atoms with van der Waals surface area (Å²) >= 11 is 12.7. The maximum atomic E-state index is 14.5. The van der Waals surface area contributed by atoms with Crippen LogP contribution in [0.2, 0.25) is 10.0 Å². The topological polar surface area (TPSA) is 57.7 Å². The van der Waals surface area contributed by atoms with Crippen LogP contribution in [0.5, 0.6) is 0 Å². The fraction of sp³-hybridized carbons (Fsp3) is 0.500. The van der Waals surface area contributed by atoms with Gasteiger partial charge in [-0.25, -0.2) is 12.7 Å². The van der Waals surface area contributed by atoms with Gasteiger partial charge in [0.05, 0.1) is 16.7 Å². The fourth-order valence-electron chi connectivity index (χ4n) is 5.86. The molecule has 1 aliphatic heterocycles. The van der Waals surface area contributed by atoms with Crippen molar-refractivity contribution < 1.29 is 13.2 Å². The number of hydrogen-bond donors (Lipinski definition) is 0. The van der Waals surface area contributed by atoms with Gasteiger partial charge in [0.2, 0.25) is 15.9 Å². The Morgan fingerprint density at radius 3 is 2.32 bits per heavy atom. The number of allylic oxidation sites excluding steroid dienone is 1. The molecule has 5 nitrogen and oxygen atoms in total. The van der Waals surface area contributed by atoms with Crippen molar-refractivity contribution in [3.05, 3.63) is 82.4 Å². The average molecular weight is 578 g/mol. The van der Waals surface area contributed by atoms with Crippen LogP contribution >= 0.6 is 23.2 Å². The Labute approximate surface area is 237 Å². The average Bonchev–Trinajstić information content (AvgIpc) is 3.71. The molecule has 1 amide bonds. The van der Waals surface area contributed by atoms with E-state index < -0.39 is 15.4 Å². The Hall–Kier alpha value is -1.86. The highest BCUT2D eigenvalue weighted by molar-refractivity contribution is 7.90. The molecule has 1 saturated carbocycles. The van der Waals surface area contributed by atoms with Crippen LogP contribution in [-0.2, 0) is 14.8 Å². The number of likely N-dealkylation sites (N-methyl/N-ethyl adjacent to an activating group) is 1. The number of likely N-dealkylation sites (tertiary alicyclic amines) is 1. The van der Waals surface area contributed by atoms with E-state index in [9.17, 15) is 13.2 Å². The molecule has 0 unspecified atom stereocenters. The van der Waals surface area contributed by atoms with Gasteiger partial charge in [-0.1, -0.05) is 74.3 Å². The Balaban J connectivity index is 1.88. The number of carbonyl (C=O) groups is 1. The second-order valence-electron chi connectivity index (χ2n) is 11.5. The maximum Gasteiger partial charge on any atom is 0.229 e. The minimum absolute atomic E-state index is 0.0108. The molecular weight excluding hydrogens is 539 g/mol. The van der Waals surface area contributed by atoms with E-state index in [0.29, 0.717) is 35.7 Å². The standard InChI is InChI=1S/C30H38Cl2N2O3S/c1-6-16-30(4)18-26(22-8-7-9-24(32)17-22)28(21-10-12-23(31)13-11-21)34(29(30)35)27(20(2)3)19-33(5)38(36,37)25-14-15-25/h6-13,17,20,25-28H,1,14-16,18-19H2,2-5H3/t26-,27+,28-,30+/m1/s1. The molecule has 2 fully saturated rings. The molecule has 2 aliphatic rings. The summed E-state index contributed by atoms with van der Waals surface area (Å²) in [6.45, 7) is 10.3. The Morgan fingerprint density at radius 1 is 1.11 bits per heavy atom. The van der Waals surface area contributed by atoms with E-state index in [4.69, 9.17) is 23.2 Å². The van der Waals surface area contributed by atoms with Crippen LogP contribution in [0.25, 0.3) is 0 Å². The SMILES string of the molecule is C=CC[C@@]1(C)C[C@H](c2cccc(Cl)c2)[C@@H](c2ccc(Cl)cc2)N([C@@H](CN(C)S(=O)(=O)C2CC2)C(C)C)C1=O. The van der Waals surface area contributed by atoms with E-state index in [2.05, 4.69) is 26.5 Å². The van der Waals surface area contributed by atoms with Crippen LogP contribution in [0.4, 0.5) is 0 Å². The largest absolute Gasteiger partial charge is 0.330 e. The molecule has 0 radical (unpaired) electrons. The molecule has 38 heavy (non-hydrogen) atoms. The van der Waals surface area contributed by atoms with Gasteiger partial charge < -0.3 is 4.90 Å². The number of hydrogen-bond acceptors (Lipinski definition) is 3. The van der Waals surface area contributed by atoms with Gasteiger partial charge in [-0.05, 0) is 67.0 Å². The highest BCUT2D eigenvalue weighted by atomic mass is 35.5. The van der Waals surface area contributed by atoms with Crippen molar-refractivity contribution in [2.45, 2.75) is 69.7 Å². The summed E-state index contributed by atoms with van der Waals surface area (Å²) < 4.78 is 27.7. The number of sulfonamides is 1. The van der Waals surface area contributed by atoms with Crippen molar-refractivity contribution in [2.75, 3.05) is 13.6 Å². The molecule has 206 valence electrons. The molecule has 0 N–H and O–H groups in total. The number of piperidine rings is 1. The molecule has 4 rings (SSSR count). The Morgan fingerprint density at radius 2 is 1.76 bits per heavy atom. The highest BCUT2D eigenvalue weighted by Gasteiger charge is 2.52. The molecule has 0 aromatic heterocycles. The van der Waals surface area contributed by atoms with Crippen LogP contribution in [0.1, 0.15) is 69.5 Å². The van der Waals surface area contributed by atoms with Crippen LogP contribution in [0.15, 0.2) is 61.2 Å². The lowest BCUT2D eigenvalue weighted by atomic mass is 9.66. The van der Waals surface area contributed by atoms with Gasteiger partial charge in [0, 0.05) is 35.6 Å². The molecule has 2 aromatic rings. The van der Waals surface area contributed by atoms with E-state index in [1.165, 1.54) is 4.31 Å². The zero-order valence-corrected chi connectivity index (χ0v) is 24.9. The lowest BCUT2D eigenvalue weighted by Gasteiger charge is -2.53. The first-order valence-corrected chi connectivity index (χ1v) is 15.5. The molecule has 8 heteroatoms. The molecule has 4 atom stereocenters. The van der Waals surface area contributed by atoms with Gasteiger partial charge in [0.15, 0.2) is 0 Å². The van der Waals surface area contributed by atoms with Crippen LogP contribution in [0.3, 0.4) is 0 Å². The summed E-state index contributed by atoms with van der Waals surface area (Å²) in [5.74, 6) is -0.0348. The van der Waals surface area contributed by atoms with Gasteiger partial charge in [0.1, 0.15) is 0 Å². The number of carbonyl (C=O) groups excluding carboxylic acids is 1. The minimum Gasteiger partial charge on any atom is -0.330 e. The lowest BCUT2D eigenvalue weighted by molar-refractivity contribution is -0.156. The number of rotatable bonds is 10. The van der Waals surface area contributed by atoms with Gasteiger partial charge in [-0.2, -0.15) is 0 Å². The number of amides is 1. The summed E-state index contributed by atoms with van der Waals surface area (Å²) in [5, 5.41) is 0.950. The van der Waals surface area contributed by atoms with Crippen LogP contribution in [0, 0.1) is 11.3 Å². The zero-order valence-electron chi connectivity index (χ0n) is 22.6. The first kappa shape index (κ1) is 29.1. The van der Waals surface area contributed by atoms with Crippen molar-refractivity contribution in [2.24, 2.45) is 11.3 Å². The quantitative estimate of drug-likeness (QED) is 0.284. The molecular formula is C30H38Cl2N2O3S. The molecule has 1 heterocycles. The highest BCUT2D eigenvalue weighted by Crippen LogP contribution is 2.52. The molecule has 0 bridgehead atoms. The first-order valence-electron chi connectivity index (χ1n) is 13.3. The van der Waals surface area contributed by atoms with Gasteiger partial charge >= 0.3 is 0 Å². The summed E-state index contributed by atoms with van der Waals surface area (Å²) in [7, 11) is -1.76. The fourth-order valence-corrected chi connectivity index (χ4v) is 7.79. The Bertz CT molecular complexity index is 1280. The third kappa shape index (κ3) is 5.84. The molecule has 0 spiro atoms. The van der Waals surface area contributed by atoms with Crippen LogP contribution in [-0.4, -0.2) is 48.4 Å². The third-order valence-electron chi connectivity index (χ3n) is 8.14. The van der Waals surface area contributed by atoms with Gasteiger partial charge in [0.25, 0.3) is 0 Å². The van der Waals surface area contributed by atoms with E-state index in [-0.39, 0.29) is 41.6 Å². The summed E-state index contributed by atoms with van der Waals surface area (Å²) in [5.41, 5.74) is 1.32. The van der Waals surface area contributed by atoms with E-state index in [1.807, 2.05) is 60.4 Å². The van der Waals surface area contributed by atoms with Crippen molar-refractivity contribution in [3.63, 3.8) is 0 Å². The van der Waals surface area contributed by atoms with E-state index in [1.54, 1.807) is 7.05 Å². The normalized spacial score (nSPS) is 25.2. The van der Waals surface area contributed by atoms with Crippen LogP contribution < -0.4 is 0 Å². The monoisotopic (exact) mass is 576 g/mol. The predicted octanol–water partition coefficient (Wildman–Crippen LogP) is 7.08. The van der Waals surface area contributed by atoms with E-state index in [0.717, 1.165) is 11.1 Å². The lowest BCUT2D eigenvalue weighted by Crippen LogP contribution is -2.59. The smallest absolute Gasteiger partial charge is 0.229 e. The summed E-state index contributed by atoms with van der Waals surface area (Å²) in [6.07, 6.45) is 4.34. The zero-order chi connectivity index (χ0) is 27.8. The second kappa shape index (κ2) is 11.3. The maximum absolute atomic E-state index is 14.5. The predicted molar refractivity (Wildman–Crippen MR) is 156 cm³/mol. The second-order valence-corrected chi connectivity index (χ2v) is 14.7. The van der Waals surface area contributed by atoms with Crippen molar-refractivity contribution >= 4 is 39.1 Å². The molecule has 1 saturated heterocycles. The number of benzene rings is 2. The summed E-state index contributed by atoms with van der Waals surface area (Å²) in [4.78, 5) is 16.5. The first-order chi connectivity index (χ1) is 17.9. The van der Waals surface area contributed by atoms with Crippen molar-refractivity contribution in [3.8, 4) is 0 Å². The number of halogens is 2. The minimum atomic E-state index is -3.40. The van der Waals surface area contributed by atoms with Crippen molar-refractivity contribution in [1.82, 2.24) is 9.21 Å². The van der Waals surface area contributed by atoms with Gasteiger partial charge in [-0.15, -0.1) is 6.58 Å². The van der Waals surface area contributed by atoms with E-state index >= 15 is 0 Å². The van der Waals surface area contributed by atoms with Crippen molar-refractivity contribution in [1.29, 1.82) is 0 Å². The molecule has 1 aliphatic carbocycles. The van der Waals surface area contributed by atoms with Gasteiger partial charge in [-0.3, -0.25) is 4.79 Å². The summed E-state index contributed by atoms with van der Waals surface area (Å²) in [6, 6.07) is 14.8. The Kier molecular flexibility index (Phi) is 8.68.